The molecular weight excluding hydrogens is 465 g/mol. The highest BCUT2D eigenvalue weighted by molar-refractivity contribution is 14.0. The quantitative estimate of drug-likeness (QED) is 0.342. The number of likely N-dealkylation sites (tertiary alicyclic amines) is 1. The van der Waals surface area contributed by atoms with Crippen molar-refractivity contribution in [2.45, 2.75) is 25.7 Å². The smallest absolute Gasteiger partial charge is 0.191 e. The summed E-state index contributed by atoms with van der Waals surface area (Å²) in [5.41, 5.74) is 1.25. The van der Waals surface area contributed by atoms with E-state index in [0.29, 0.717) is 5.92 Å². The molecule has 2 fully saturated rings. The summed E-state index contributed by atoms with van der Waals surface area (Å²) in [5, 5.41) is 6.98. The number of guanidine groups is 1. The summed E-state index contributed by atoms with van der Waals surface area (Å²) < 4.78 is 5.35. The van der Waals surface area contributed by atoms with E-state index in [2.05, 4.69) is 43.6 Å². The van der Waals surface area contributed by atoms with E-state index < -0.39 is 0 Å². The molecule has 2 saturated heterocycles. The predicted molar refractivity (Wildman–Crippen MR) is 128 cm³/mol. The van der Waals surface area contributed by atoms with Crippen LogP contribution in [0.1, 0.15) is 25.7 Å². The number of halogens is 1. The lowest BCUT2D eigenvalue weighted by atomic mass is 10.1. The second-order valence-corrected chi connectivity index (χ2v) is 7.58. The van der Waals surface area contributed by atoms with Crippen LogP contribution in [0.2, 0.25) is 0 Å². The van der Waals surface area contributed by atoms with Crippen LogP contribution in [0, 0.1) is 5.92 Å². The van der Waals surface area contributed by atoms with Crippen LogP contribution in [0.25, 0.3) is 0 Å². The first-order chi connectivity index (χ1) is 13.3. The Morgan fingerprint density at radius 2 is 2.00 bits per heavy atom. The molecule has 158 valence electrons. The number of piperidine rings is 1. The van der Waals surface area contributed by atoms with E-state index in [1.54, 1.807) is 7.11 Å². The third kappa shape index (κ3) is 6.99. The highest BCUT2D eigenvalue weighted by Gasteiger charge is 2.23. The Kier molecular flexibility index (Phi) is 10.2. The zero-order valence-corrected chi connectivity index (χ0v) is 19.7. The summed E-state index contributed by atoms with van der Waals surface area (Å²) in [6.07, 6.45) is 5.28. The molecule has 2 aliphatic rings. The SMILES string of the molecule is CN=C(NCCN1CCCCC1)NCC1CCN(c2cccc(OC)c2)C1.I. The predicted octanol–water partition coefficient (Wildman–Crippen LogP) is 2.79. The average Bonchev–Trinajstić information content (AvgIpc) is 3.20. The summed E-state index contributed by atoms with van der Waals surface area (Å²) in [6.45, 7) is 7.69. The van der Waals surface area contributed by atoms with Crippen LogP contribution in [0.5, 0.6) is 5.75 Å². The van der Waals surface area contributed by atoms with Crippen molar-refractivity contribution in [2.24, 2.45) is 10.9 Å². The van der Waals surface area contributed by atoms with Crippen LogP contribution >= 0.6 is 24.0 Å². The van der Waals surface area contributed by atoms with E-state index in [-0.39, 0.29) is 24.0 Å². The standard InChI is InChI=1S/C21H35N5O.HI/c1-22-21(23-10-14-25-11-4-3-5-12-25)24-16-18-9-13-26(17-18)19-7-6-8-20(15-19)27-2;/h6-8,15,18H,3-5,9-14,16-17H2,1-2H3,(H2,22,23,24);1H. The number of methoxy groups -OCH3 is 1. The minimum atomic E-state index is 0. The van der Waals surface area contributed by atoms with E-state index in [9.17, 15) is 0 Å². The summed E-state index contributed by atoms with van der Waals surface area (Å²) in [5.74, 6) is 2.48. The molecule has 0 bridgehead atoms. The molecule has 1 aromatic carbocycles. The minimum Gasteiger partial charge on any atom is -0.497 e. The van der Waals surface area contributed by atoms with Gasteiger partial charge in [0.2, 0.25) is 0 Å². The van der Waals surface area contributed by atoms with Crippen molar-refractivity contribution >= 4 is 35.6 Å². The van der Waals surface area contributed by atoms with Crippen molar-refractivity contribution in [2.75, 3.05) is 64.9 Å². The molecule has 0 spiro atoms. The fourth-order valence-corrected chi connectivity index (χ4v) is 4.02. The van der Waals surface area contributed by atoms with Crippen LogP contribution in [-0.4, -0.2) is 70.8 Å². The molecule has 0 radical (unpaired) electrons. The van der Waals surface area contributed by atoms with E-state index in [0.717, 1.165) is 44.4 Å². The van der Waals surface area contributed by atoms with Gasteiger partial charge in [-0.3, -0.25) is 4.99 Å². The maximum atomic E-state index is 5.35. The Bertz CT molecular complexity index is 606. The number of nitrogens with zero attached hydrogens (tertiary/aromatic N) is 3. The lowest BCUT2D eigenvalue weighted by Gasteiger charge is -2.26. The first kappa shape index (κ1) is 23.1. The van der Waals surface area contributed by atoms with Gasteiger partial charge in [-0.1, -0.05) is 12.5 Å². The topological polar surface area (TPSA) is 52.1 Å². The fraction of sp³-hybridized carbons (Fsp3) is 0.667. The molecule has 2 heterocycles. The van der Waals surface area contributed by atoms with Gasteiger partial charge in [0.05, 0.1) is 7.11 Å². The third-order valence-electron chi connectivity index (χ3n) is 5.66. The highest BCUT2D eigenvalue weighted by atomic mass is 127. The first-order valence-corrected chi connectivity index (χ1v) is 10.3. The molecule has 1 aromatic rings. The second kappa shape index (κ2) is 12.4. The van der Waals surface area contributed by atoms with E-state index in [1.807, 2.05) is 13.1 Å². The van der Waals surface area contributed by atoms with Gasteiger partial charge in [-0.25, -0.2) is 0 Å². The van der Waals surface area contributed by atoms with Crippen LogP contribution in [0.3, 0.4) is 0 Å². The zero-order chi connectivity index (χ0) is 18.9. The van der Waals surface area contributed by atoms with Crippen LogP contribution in [0.15, 0.2) is 29.3 Å². The summed E-state index contributed by atoms with van der Waals surface area (Å²) in [6, 6.07) is 8.35. The maximum Gasteiger partial charge on any atom is 0.191 e. The van der Waals surface area contributed by atoms with E-state index in [1.165, 1.54) is 44.5 Å². The van der Waals surface area contributed by atoms with Gasteiger partial charge in [0.15, 0.2) is 5.96 Å². The van der Waals surface area contributed by atoms with Gasteiger partial charge in [-0.05, 0) is 50.4 Å². The number of benzene rings is 1. The molecule has 6 nitrogen and oxygen atoms in total. The Morgan fingerprint density at radius 3 is 2.75 bits per heavy atom. The Labute approximate surface area is 187 Å². The van der Waals surface area contributed by atoms with Crippen molar-refractivity contribution in [1.82, 2.24) is 15.5 Å². The monoisotopic (exact) mass is 501 g/mol. The Morgan fingerprint density at radius 1 is 1.18 bits per heavy atom. The number of anilines is 1. The minimum absolute atomic E-state index is 0. The zero-order valence-electron chi connectivity index (χ0n) is 17.3. The molecule has 0 amide bonds. The number of hydrogen-bond acceptors (Lipinski definition) is 4. The molecule has 3 rings (SSSR count). The molecule has 1 unspecified atom stereocenters. The number of aliphatic imine (C=N–C) groups is 1. The Balaban J connectivity index is 0.00000280. The van der Waals surface area contributed by atoms with Crippen LogP contribution in [0.4, 0.5) is 5.69 Å². The normalized spacial score (nSPS) is 20.6. The summed E-state index contributed by atoms with van der Waals surface area (Å²) in [4.78, 5) is 9.37. The van der Waals surface area contributed by atoms with Gasteiger partial charge in [0.1, 0.15) is 5.75 Å². The lowest BCUT2D eigenvalue weighted by molar-refractivity contribution is 0.232. The van der Waals surface area contributed by atoms with Gasteiger partial charge in [0, 0.05) is 51.5 Å². The van der Waals surface area contributed by atoms with Gasteiger partial charge < -0.3 is 25.2 Å². The summed E-state index contributed by atoms with van der Waals surface area (Å²) in [7, 11) is 3.58. The van der Waals surface area contributed by atoms with Crippen molar-refractivity contribution in [3.8, 4) is 5.75 Å². The van der Waals surface area contributed by atoms with Crippen molar-refractivity contribution in [3.63, 3.8) is 0 Å². The highest BCUT2D eigenvalue weighted by Crippen LogP contribution is 2.26. The molecule has 1 atom stereocenters. The van der Waals surface area contributed by atoms with Gasteiger partial charge >= 0.3 is 0 Å². The van der Waals surface area contributed by atoms with E-state index >= 15 is 0 Å². The van der Waals surface area contributed by atoms with E-state index in [4.69, 9.17) is 4.74 Å². The van der Waals surface area contributed by atoms with Gasteiger partial charge in [-0.15, -0.1) is 24.0 Å². The number of hydrogen-bond donors (Lipinski definition) is 2. The first-order valence-electron chi connectivity index (χ1n) is 10.3. The maximum absolute atomic E-state index is 5.35. The molecule has 7 heteroatoms. The molecule has 0 aliphatic carbocycles. The Hall–Kier alpha value is -1.22. The summed E-state index contributed by atoms with van der Waals surface area (Å²) >= 11 is 0. The lowest BCUT2D eigenvalue weighted by Crippen LogP contribution is -2.44. The van der Waals surface area contributed by atoms with Crippen molar-refractivity contribution in [1.29, 1.82) is 0 Å². The molecular formula is C21H36IN5O. The average molecular weight is 501 g/mol. The fourth-order valence-electron chi connectivity index (χ4n) is 4.02. The van der Waals surface area contributed by atoms with Crippen LogP contribution < -0.4 is 20.3 Å². The second-order valence-electron chi connectivity index (χ2n) is 7.58. The van der Waals surface area contributed by atoms with Gasteiger partial charge in [0.25, 0.3) is 0 Å². The number of nitrogens with one attached hydrogen (secondary N) is 2. The van der Waals surface area contributed by atoms with Crippen LogP contribution in [-0.2, 0) is 0 Å². The molecule has 0 saturated carbocycles. The van der Waals surface area contributed by atoms with Crippen molar-refractivity contribution < 1.29 is 4.74 Å². The third-order valence-corrected chi connectivity index (χ3v) is 5.66. The molecule has 2 N–H and O–H groups in total. The molecule has 2 aliphatic heterocycles. The number of rotatable bonds is 7. The number of ether oxygens (including phenoxy) is 1. The van der Waals surface area contributed by atoms with Gasteiger partial charge in [-0.2, -0.15) is 0 Å². The molecule has 28 heavy (non-hydrogen) atoms. The van der Waals surface area contributed by atoms with Crippen molar-refractivity contribution in [3.05, 3.63) is 24.3 Å². The molecule has 0 aromatic heterocycles. The largest absolute Gasteiger partial charge is 0.497 e.